The fourth-order valence-electron chi connectivity index (χ4n) is 3.15. The smallest absolute Gasteiger partial charge is 0.251 e. The van der Waals surface area contributed by atoms with Crippen molar-refractivity contribution in [2.75, 3.05) is 26.7 Å². The maximum absolute atomic E-state index is 12.5. The molecule has 2 aromatic rings. The number of methoxy groups -OCH3 is 1. The van der Waals surface area contributed by atoms with Crippen LogP contribution in [0.2, 0.25) is 0 Å². The summed E-state index contributed by atoms with van der Waals surface area (Å²) in [6.07, 6.45) is 2.39. The van der Waals surface area contributed by atoms with Crippen LogP contribution in [0.15, 0.2) is 40.8 Å². The van der Waals surface area contributed by atoms with Gasteiger partial charge in [-0.25, -0.2) is 0 Å². The number of carbonyl (C=O) groups excluding carboxylic acids is 1. The number of nitrogens with zero attached hydrogens (tertiary/aromatic N) is 1. The zero-order chi connectivity index (χ0) is 16.9. The Balaban J connectivity index is 1.69. The molecule has 24 heavy (non-hydrogen) atoms. The maximum Gasteiger partial charge on any atom is 0.251 e. The van der Waals surface area contributed by atoms with Crippen molar-refractivity contribution in [1.29, 1.82) is 0 Å². The summed E-state index contributed by atoms with van der Waals surface area (Å²) in [5, 5.41) is 3.04. The van der Waals surface area contributed by atoms with Crippen LogP contribution in [-0.2, 0) is 0 Å². The molecule has 1 amide bonds. The van der Waals surface area contributed by atoms with Crippen molar-refractivity contribution in [2.24, 2.45) is 0 Å². The summed E-state index contributed by atoms with van der Waals surface area (Å²) in [6.45, 7) is 4.56. The van der Waals surface area contributed by atoms with Crippen molar-refractivity contribution in [3.63, 3.8) is 0 Å². The first kappa shape index (κ1) is 16.6. The standard InChI is InChI=1S/C19H24N2O3/c1-14-8-9-18(24-14)17(21-10-3-4-11-21)13-20-19(22)15-6-5-7-16(12-15)23-2/h5-9,12,17H,3-4,10-11,13H2,1-2H3,(H,20,22)/t17-/m0/s1. The lowest BCUT2D eigenvalue weighted by Crippen LogP contribution is -2.36. The molecule has 0 spiro atoms. The van der Waals surface area contributed by atoms with Gasteiger partial charge >= 0.3 is 0 Å². The van der Waals surface area contributed by atoms with Crippen molar-refractivity contribution in [3.8, 4) is 5.75 Å². The Kier molecular flexibility index (Phi) is 5.20. The highest BCUT2D eigenvalue weighted by molar-refractivity contribution is 5.94. The van der Waals surface area contributed by atoms with E-state index in [1.54, 1.807) is 19.2 Å². The summed E-state index contributed by atoms with van der Waals surface area (Å²) in [7, 11) is 1.60. The fraction of sp³-hybridized carbons (Fsp3) is 0.421. The lowest BCUT2D eigenvalue weighted by Gasteiger charge is -2.26. The second-order valence-electron chi connectivity index (χ2n) is 6.15. The molecule has 128 valence electrons. The number of hydrogen-bond acceptors (Lipinski definition) is 4. The SMILES string of the molecule is COc1cccc(C(=O)NC[C@@H](c2ccc(C)o2)N2CCCC2)c1. The van der Waals surface area contributed by atoms with Crippen molar-refractivity contribution in [1.82, 2.24) is 10.2 Å². The van der Waals surface area contributed by atoms with E-state index in [1.165, 1.54) is 12.8 Å². The molecular weight excluding hydrogens is 304 g/mol. The van der Waals surface area contributed by atoms with E-state index in [4.69, 9.17) is 9.15 Å². The molecule has 1 aromatic heterocycles. The first-order chi connectivity index (χ1) is 11.7. The van der Waals surface area contributed by atoms with Crippen LogP contribution in [0.3, 0.4) is 0 Å². The van der Waals surface area contributed by atoms with Gasteiger partial charge in [0.25, 0.3) is 5.91 Å². The first-order valence-corrected chi connectivity index (χ1v) is 8.40. The van der Waals surface area contributed by atoms with E-state index >= 15 is 0 Å². The predicted molar refractivity (Wildman–Crippen MR) is 92.3 cm³/mol. The highest BCUT2D eigenvalue weighted by atomic mass is 16.5. The first-order valence-electron chi connectivity index (χ1n) is 8.40. The molecule has 0 saturated carbocycles. The van der Waals surface area contributed by atoms with E-state index in [1.807, 2.05) is 31.2 Å². The van der Waals surface area contributed by atoms with Gasteiger partial charge in [0, 0.05) is 12.1 Å². The third-order valence-electron chi connectivity index (χ3n) is 4.46. The molecule has 0 radical (unpaired) electrons. The summed E-state index contributed by atoms with van der Waals surface area (Å²) < 4.78 is 11.0. The molecule has 5 nitrogen and oxygen atoms in total. The average Bonchev–Trinajstić information content (AvgIpc) is 3.27. The van der Waals surface area contributed by atoms with E-state index in [-0.39, 0.29) is 11.9 Å². The molecule has 2 heterocycles. The minimum Gasteiger partial charge on any atom is -0.497 e. The number of carbonyl (C=O) groups is 1. The molecule has 0 bridgehead atoms. The third kappa shape index (κ3) is 3.79. The summed E-state index contributed by atoms with van der Waals surface area (Å²) in [4.78, 5) is 14.8. The molecule has 0 unspecified atom stereocenters. The molecule has 3 rings (SSSR count). The van der Waals surface area contributed by atoms with Gasteiger partial charge in [-0.1, -0.05) is 6.07 Å². The van der Waals surface area contributed by atoms with Gasteiger partial charge in [0.1, 0.15) is 17.3 Å². The van der Waals surface area contributed by atoms with Crippen molar-refractivity contribution >= 4 is 5.91 Å². The second-order valence-corrected chi connectivity index (χ2v) is 6.15. The van der Waals surface area contributed by atoms with Gasteiger partial charge in [0.15, 0.2) is 0 Å². The number of amides is 1. The van der Waals surface area contributed by atoms with Crippen molar-refractivity contribution < 1.29 is 13.9 Å². The van der Waals surface area contributed by atoms with Gasteiger partial charge in [-0.15, -0.1) is 0 Å². The van der Waals surface area contributed by atoms with Crippen LogP contribution in [0, 0.1) is 6.92 Å². The van der Waals surface area contributed by atoms with Gasteiger partial charge < -0.3 is 14.5 Å². The Hall–Kier alpha value is -2.27. The number of furan rings is 1. The van der Waals surface area contributed by atoms with Crippen LogP contribution in [0.25, 0.3) is 0 Å². The number of likely N-dealkylation sites (tertiary alicyclic amines) is 1. The lowest BCUT2D eigenvalue weighted by atomic mass is 10.1. The molecule has 1 aromatic carbocycles. The third-order valence-corrected chi connectivity index (χ3v) is 4.46. The molecule has 1 saturated heterocycles. The number of nitrogens with one attached hydrogen (secondary N) is 1. The summed E-state index contributed by atoms with van der Waals surface area (Å²) in [5.41, 5.74) is 0.602. The molecule has 1 fully saturated rings. The summed E-state index contributed by atoms with van der Waals surface area (Å²) >= 11 is 0. The normalized spacial score (nSPS) is 16.1. The molecule has 1 aliphatic heterocycles. The Bertz CT molecular complexity index is 689. The minimum absolute atomic E-state index is 0.0794. The highest BCUT2D eigenvalue weighted by Crippen LogP contribution is 2.26. The number of hydrogen-bond donors (Lipinski definition) is 1. The molecule has 1 aliphatic rings. The molecule has 0 aliphatic carbocycles. The van der Waals surface area contributed by atoms with Crippen LogP contribution in [-0.4, -0.2) is 37.6 Å². The van der Waals surface area contributed by atoms with E-state index in [2.05, 4.69) is 10.2 Å². The van der Waals surface area contributed by atoms with Crippen LogP contribution in [0.1, 0.15) is 40.8 Å². The van der Waals surface area contributed by atoms with Crippen LogP contribution in [0.5, 0.6) is 5.75 Å². The van der Waals surface area contributed by atoms with Gasteiger partial charge in [0.05, 0.1) is 13.2 Å². The van der Waals surface area contributed by atoms with E-state index in [9.17, 15) is 4.79 Å². The minimum atomic E-state index is -0.0959. The Morgan fingerprint density at radius 1 is 1.29 bits per heavy atom. The summed E-state index contributed by atoms with van der Waals surface area (Å²) in [6, 6.07) is 11.3. The van der Waals surface area contributed by atoms with Gasteiger partial charge in [0.2, 0.25) is 0 Å². The zero-order valence-corrected chi connectivity index (χ0v) is 14.2. The van der Waals surface area contributed by atoms with E-state index < -0.39 is 0 Å². The maximum atomic E-state index is 12.5. The van der Waals surface area contributed by atoms with Crippen LogP contribution >= 0.6 is 0 Å². The second kappa shape index (κ2) is 7.53. The van der Waals surface area contributed by atoms with Gasteiger partial charge in [-0.2, -0.15) is 0 Å². The topological polar surface area (TPSA) is 54.7 Å². The Morgan fingerprint density at radius 3 is 2.75 bits per heavy atom. The van der Waals surface area contributed by atoms with Crippen molar-refractivity contribution in [3.05, 3.63) is 53.5 Å². The molecular formula is C19H24N2O3. The predicted octanol–water partition coefficient (Wildman–Crippen LogP) is 3.16. The molecule has 5 heteroatoms. The number of rotatable bonds is 6. The van der Waals surface area contributed by atoms with Crippen molar-refractivity contribution in [2.45, 2.75) is 25.8 Å². The average molecular weight is 328 g/mol. The van der Waals surface area contributed by atoms with E-state index in [0.29, 0.717) is 17.9 Å². The highest BCUT2D eigenvalue weighted by Gasteiger charge is 2.26. The molecule has 1 N–H and O–H groups in total. The number of ether oxygens (including phenoxy) is 1. The summed E-state index contributed by atoms with van der Waals surface area (Å²) in [5.74, 6) is 2.40. The van der Waals surface area contributed by atoms with Gasteiger partial charge in [-0.3, -0.25) is 9.69 Å². The largest absolute Gasteiger partial charge is 0.497 e. The fourth-order valence-corrected chi connectivity index (χ4v) is 3.15. The quantitative estimate of drug-likeness (QED) is 0.885. The Labute approximate surface area is 142 Å². The monoisotopic (exact) mass is 328 g/mol. The Morgan fingerprint density at radius 2 is 2.08 bits per heavy atom. The zero-order valence-electron chi connectivity index (χ0n) is 14.2. The van der Waals surface area contributed by atoms with Crippen LogP contribution in [0.4, 0.5) is 0 Å². The van der Waals surface area contributed by atoms with Gasteiger partial charge in [-0.05, 0) is 63.2 Å². The lowest BCUT2D eigenvalue weighted by molar-refractivity contribution is 0.0933. The molecule has 1 atom stereocenters. The van der Waals surface area contributed by atoms with E-state index in [0.717, 1.165) is 24.6 Å². The van der Waals surface area contributed by atoms with Crippen LogP contribution < -0.4 is 10.1 Å². The number of benzene rings is 1. The number of aryl methyl sites for hydroxylation is 1.